The van der Waals surface area contributed by atoms with Gasteiger partial charge < -0.3 is 5.32 Å². The van der Waals surface area contributed by atoms with Crippen molar-refractivity contribution < 1.29 is 13.2 Å². The van der Waals surface area contributed by atoms with E-state index in [9.17, 15) is 13.2 Å². The first-order chi connectivity index (χ1) is 14.5. The van der Waals surface area contributed by atoms with Crippen LogP contribution < -0.4 is 5.32 Å². The SMILES string of the molecule is CCN1CCCC1CNC(=O)c1cccc(S(=O)(=O)N2CCc3ccccc3C2)c1. The third-order valence-corrected chi connectivity index (χ3v) is 8.07. The number of likely N-dealkylation sites (tertiary alicyclic amines) is 1. The molecule has 2 aliphatic rings. The van der Waals surface area contributed by atoms with Gasteiger partial charge in [0.05, 0.1) is 4.90 Å². The van der Waals surface area contributed by atoms with Gasteiger partial charge in [-0.2, -0.15) is 4.31 Å². The minimum atomic E-state index is -3.66. The van der Waals surface area contributed by atoms with Gasteiger partial charge in [-0.1, -0.05) is 37.3 Å². The maximum atomic E-state index is 13.2. The minimum absolute atomic E-state index is 0.172. The molecule has 1 atom stereocenters. The van der Waals surface area contributed by atoms with Gasteiger partial charge in [-0.3, -0.25) is 9.69 Å². The van der Waals surface area contributed by atoms with Crippen molar-refractivity contribution in [1.82, 2.24) is 14.5 Å². The molecule has 2 heterocycles. The maximum Gasteiger partial charge on any atom is 0.251 e. The summed E-state index contributed by atoms with van der Waals surface area (Å²) < 4.78 is 27.9. The monoisotopic (exact) mass is 427 g/mol. The Morgan fingerprint density at radius 2 is 1.90 bits per heavy atom. The molecule has 1 amide bonds. The molecule has 7 heteroatoms. The highest BCUT2D eigenvalue weighted by Crippen LogP contribution is 2.25. The van der Waals surface area contributed by atoms with Gasteiger partial charge >= 0.3 is 0 Å². The Kier molecular flexibility index (Phi) is 6.22. The summed E-state index contributed by atoms with van der Waals surface area (Å²) in [6.45, 7) is 5.59. The van der Waals surface area contributed by atoms with Crippen molar-refractivity contribution in [3.63, 3.8) is 0 Å². The molecule has 1 saturated heterocycles. The highest BCUT2D eigenvalue weighted by Gasteiger charge is 2.29. The highest BCUT2D eigenvalue weighted by atomic mass is 32.2. The fraction of sp³-hybridized carbons (Fsp3) is 0.435. The third kappa shape index (κ3) is 4.29. The Hall–Kier alpha value is -2.22. The van der Waals surface area contributed by atoms with E-state index in [0.717, 1.165) is 31.5 Å². The molecular weight excluding hydrogens is 398 g/mol. The molecule has 0 aromatic heterocycles. The molecule has 1 N–H and O–H groups in total. The number of nitrogens with zero attached hydrogens (tertiary/aromatic N) is 2. The van der Waals surface area contributed by atoms with Gasteiger partial charge in [0.15, 0.2) is 0 Å². The average Bonchev–Trinajstić information content (AvgIpc) is 3.24. The Balaban J connectivity index is 1.46. The smallest absolute Gasteiger partial charge is 0.251 e. The minimum Gasteiger partial charge on any atom is -0.350 e. The average molecular weight is 428 g/mol. The zero-order valence-electron chi connectivity index (χ0n) is 17.4. The van der Waals surface area contributed by atoms with E-state index in [1.165, 1.54) is 15.9 Å². The summed E-state index contributed by atoms with van der Waals surface area (Å²) in [5.74, 6) is -0.223. The number of carbonyl (C=O) groups is 1. The molecule has 0 radical (unpaired) electrons. The Labute approximate surface area is 178 Å². The predicted molar refractivity (Wildman–Crippen MR) is 117 cm³/mol. The number of rotatable bonds is 6. The lowest BCUT2D eigenvalue weighted by atomic mass is 10.0. The lowest BCUT2D eigenvalue weighted by molar-refractivity contribution is 0.0941. The van der Waals surface area contributed by atoms with Crippen LogP contribution in [0.5, 0.6) is 0 Å². The molecule has 6 nitrogen and oxygen atoms in total. The lowest BCUT2D eigenvalue weighted by Gasteiger charge is -2.28. The van der Waals surface area contributed by atoms with Gasteiger partial charge in [0.25, 0.3) is 5.91 Å². The standard InChI is InChI=1S/C23H29N3O3S/c1-2-25-13-6-10-21(25)16-24-23(27)19-9-5-11-22(15-19)30(28,29)26-14-12-18-7-3-4-8-20(18)17-26/h3-5,7-9,11,15,21H,2,6,10,12-14,16-17H2,1H3,(H,24,27). The second-order valence-corrected chi connectivity index (χ2v) is 9.96. The zero-order chi connectivity index (χ0) is 21.1. The quantitative estimate of drug-likeness (QED) is 0.770. The molecule has 0 spiro atoms. The number of nitrogens with one attached hydrogen (secondary N) is 1. The van der Waals surface area contributed by atoms with Gasteiger partial charge in [0.1, 0.15) is 0 Å². The van der Waals surface area contributed by atoms with E-state index in [2.05, 4.69) is 17.1 Å². The van der Waals surface area contributed by atoms with Gasteiger partial charge in [0, 0.05) is 31.2 Å². The molecule has 2 aromatic rings. The van der Waals surface area contributed by atoms with Crippen LogP contribution in [0.4, 0.5) is 0 Å². The van der Waals surface area contributed by atoms with Crippen molar-refractivity contribution in [3.05, 3.63) is 65.2 Å². The molecule has 1 unspecified atom stereocenters. The van der Waals surface area contributed by atoms with Crippen molar-refractivity contribution in [2.24, 2.45) is 0 Å². The first kappa shape index (κ1) is 21.0. The summed E-state index contributed by atoms with van der Waals surface area (Å²) in [6, 6.07) is 14.7. The normalized spacial score (nSPS) is 20.1. The second-order valence-electron chi connectivity index (χ2n) is 8.02. The molecular formula is C23H29N3O3S. The van der Waals surface area contributed by atoms with Crippen LogP contribution in [0.15, 0.2) is 53.4 Å². The van der Waals surface area contributed by atoms with Gasteiger partial charge in [0.2, 0.25) is 10.0 Å². The Morgan fingerprint density at radius 3 is 2.70 bits per heavy atom. The maximum absolute atomic E-state index is 13.2. The molecule has 2 aliphatic heterocycles. The summed E-state index contributed by atoms with van der Waals surface area (Å²) in [5, 5.41) is 2.99. The molecule has 0 aliphatic carbocycles. The predicted octanol–water partition coefficient (Wildman–Crippen LogP) is 2.65. The number of amides is 1. The Morgan fingerprint density at radius 1 is 1.10 bits per heavy atom. The number of hydrogen-bond donors (Lipinski definition) is 1. The van der Waals surface area contributed by atoms with Crippen molar-refractivity contribution in [2.45, 2.75) is 43.7 Å². The fourth-order valence-electron chi connectivity index (χ4n) is 4.48. The van der Waals surface area contributed by atoms with Crippen LogP contribution in [0.25, 0.3) is 0 Å². The number of sulfonamides is 1. The van der Waals surface area contributed by atoms with Crippen LogP contribution in [0.3, 0.4) is 0 Å². The van der Waals surface area contributed by atoms with Gasteiger partial charge in [-0.15, -0.1) is 0 Å². The summed E-state index contributed by atoms with van der Waals surface area (Å²) in [5.41, 5.74) is 2.62. The van der Waals surface area contributed by atoms with Crippen LogP contribution in [0, 0.1) is 0 Å². The van der Waals surface area contributed by atoms with Crippen LogP contribution >= 0.6 is 0 Å². The molecule has 0 saturated carbocycles. The van der Waals surface area contributed by atoms with E-state index in [0.29, 0.717) is 37.7 Å². The van der Waals surface area contributed by atoms with Crippen LogP contribution in [0.2, 0.25) is 0 Å². The van der Waals surface area contributed by atoms with E-state index < -0.39 is 10.0 Å². The summed E-state index contributed by atoms with van der Waals surface area (Å²) >= 11 is 0. The van der Waals surface area contributed by atoms with Crippen LogP contribution in [-0.4, -0.2) is 55.8 Å². The third-order valence-electron chi connectivity index (χ3n) is 6.23. The molecule has 30 heavy (non-hydrogen) atoms. The topological polar surface area (TPSA) is 69.7 Å². The van der Waals surface area contributed by atoms with Crippen molar-refractivity contribution >= 4 is 15.9 Å². The van der Waals surface area contributed by atoms with Crippen molar-refractivity contribution in [1.29, 1.82) is 0 Å². The fourth-order valence-corrected chi connectivity index (χ4v) is 5.94. The van der Waals surface area contributed by atoms with E-state index in [1.54, 1.807) is 18.2 Å². The number of hydrogen-bond acceptors (Lipinski definition) is 4. The van der Waals surface area contributed by atoms with E-state index >= 15 is 0 Å². The van der Waals surface area contributed by atoms with Crippen molar-refractivity contribution in [2.75, 3.05) is 26.2 Å². The Bertz CT molecular complexity index is 1020. The number of benzene rings is 2. The first-order valence-corrected chi connectivity index (χ1v) is 12.1. The molecule has 1 fully saturated rings. The molecule has 0 bridgehead atoms. The van der Waals surface area contributed by atoms with Crippen molar-refractivity contribution in [3.8, 4) is 0 Å². The van der Waals surface area contributed by atoms with E-state index in [1.807, 2.05) is 24.3 Å². The summed E-state index contributed by atoms with van der Waals surface area (Å²) in [4.78, 5) is 15.2. The first-order valence-electron chi connectivity index (χ1n) is 10.7. The highest BCUT2D eigenvalue weighted by molar-refractivity contribution is 7.89. The summed E-state index contributed by atoms with van der Waals surface area (Å²) in [7, 11) is -3.66. The lowest BCUT2D eigenvalue weighted by Crippen LogP contribution is -2.40. The summed E-state index contributed by atoms with van der Waals surface area (Å²) in [6.07, 6.45) is 2.94. The zero-order valence-corrected chi connectivity index (χ0v) is 18.2. The molecule has 160 valence electrons. The number of fused-ring (bicyclic) bond motifs is 1. The number of carbonyl (C=O) groups excluding carboxylic acids is 1. The van der Waals surface area contributed by atoms with E-state index in [4.69, 9.17) is 0 Å². The van der Waals surface area contributed by atoms with Gasteiger partial charge in [-0.25, -0.2) is 8.42 Å². The second kappa shape index (κ2) is 8.88. The molecule has 2 aromatic carbocycles. The number of likely N-dealkylation sites (N-methyl/N-ethyl adjacent to an activating group) is 1. The van der Waals surface area contributed by atoms with E-state index in [-0.39, 0.29) is 10.8 Å². The van der Waals surface area contributed by atoms with Gasteiger partial charge in [-0.05, 0) is 61.7 Å². The van der Waals surface area contributed by atoms with Crippen LogP contribution in [-0.2, 0) is 23.0 Å². The largest absolute Gasteiger partial charge is 0.350 e. The molecule has 4 rings (SSSR count). The van der Waals surface area contributed by atoms with Crippen LogP contribution in [0.1, 0.15) is 41.3 Å².